The van der Waals surface area contributed by atoms with E-state index in [1.165, 1.54) is 27.8 Å². The van der Waals surface area contributed by atoms with Crippen LogP contribution in [0.25, 0.3) is 22.2 Å². The third-order valence-corrected chi connectivity index (χ3v) is 4.28. The summed E-state index contributed by atoms with van der Waals surface area (Å²) in [4.78, 5) is 11.4. The molecule has 0 radical (unpaired) electrons. The molecule has 120 valence electrons. The standard InChI is InChI=1S/C19H24N4/c1-11-8-12(2)16(13(3)9-11)15-10-23(7)18-17(15)20-14(4)21-19(18)22(5)6/h8-10H,1-7H3. The van der Waals surface area contributed by atoms with E-state index in [1.807, 2.05) is 21.0 Å². The van der Waals surface area contributed by atoms with Crippen molar-refractivity contribution in [3.8, 4) is 11.1 Å². The normalized spacial score (nSPS) is 11.3. The number of anilines is 1. The third kappa shape index (κ3) is 2.48. The highest BCUT2D eigenvalue weighted by Crippen LogP contribution is 2.36. The lowest BCUT2D eigenvalue weighted by Gasteiger charge is -2.14. The van der Waals surface area contributed by atoms with E-state index in [4.69, 9.17) is 4.98 Å². The van der Waals surface area contributed by atoms with Crippen molar-refractivity contribution in [2.45, 2.75) is 27.7 Å². The highest BCUT2D eigenvalue weighted by Gasteiger charge is 2.19. The summed E-state index contributed by atoms with van der Waals surface area (Å²) in [5.74, 6) is 1.76. The van der Waals surface area contributed by atoms with Crippen LogP contribution in [0.5, 0.6) is 0 Å². The molecule has 0 saturated carbocycles. The van der Waals surface area contributed by atoms with Crippen molar-refractivity contribution >= 4 is 16.9 Å². The fraction of sp³-hybridized carbons (Fsp3) is 0.368. The minimum Gasteiger partial charge on any atom is -0.361 e. The number of aromatic nitrogens is 3. The highest BCUT2D eigenvalue weighted by atomic mass is 15.2. The van der Waals surface area contributed by atoms with Gasteiger partial charge in [-0.05, 0) is 44.4 Å². The van der Waals surface area contributed by atoms with E-state index in [2.05, 4.69) is 60.6 Å². The minimum atomic E-state index is 0.802. The topological polar surface area (TPSA) is 34.0 Å². The van der Waals surface area contributed by atoms with E-state index >= 15 is 0 Å². The smallest absolute Gasteiger partial charge is 0.156 e. The molecule has 0 saturated heterocycles. The molecule has 0 N–H and O–H groups in total. The molecule has 4 heteroatoms. The minimum absolute atomic E-state index is 0.802. The van der Waals surface area contributed by atoms with Crippen molar-refractivity contribution in [1.29, 1.82) is 0 Å². The van der Waals surface area contributed by atoms with Gasteiger partial charge in [0.15, 0.2) is 5.82 Å². The second-order valence-electron chi connectivity index (χ2n) is 6.61. The molecule has 0 fully saturated rings. The molecular formula is C19H24N4. The van der Waals surface area contributed by atoms with Gasteiger partial charge in [0, 0.05) is 32.9 Å². The van der Waals surface area contributed by atoms with Crippen molar-refractivity contribution in [1.82, 2.24) is 14.5 Å². The molecule has 0 amide bonds. The Morgan fingerprint density at radius 3 is 2.13 bits per heavy atom. The van der Waals surface area contributed by atoms with Gasteiger partial charge in [-0.25, -0.2) is 9.97 Å². The Labute approximate surface area is 137 Å². The van der Waals surface area contributed by atoms with Crippen LogP contribution in [0.3, 0.4) is 0 Å². The maximum Gasteiger partial charge on any atom is 0.156 e. The van der Waals surface area contributed by atoms with Crippen LogP contribution in [0.4, 0.5) is 5.82 Å². The van der Waals surface area contributed by atoms with E-state index < -0.39 is 0 Å². The first-order chi connectivity index (χ1) is 10.8. The van der Waals surface area contributed by atoms with Gasteiger partial charge in [-0.15, -0.1) is 0 Å². The lowest BCUT2D eigenvalue weighted by molar-refractivity contribution is 0.940. The van der Waals surface area contributed by atoms with Gasteiger partial charge >= 0.3 is 0 Å². The van der Waals surface area contributed by atoms with Crippen LogP contribution in [0.15, 0.2) is 18.3 Å². The summed E-state index contributed by atoms with van der Waals surface area (Å²) in [5.41, 5.74) is 8.45. The van der Waals surface area contributed by atoms with Gasteiger partial charge < -0.3 is 9.47 Å². The molecule has 23 heavy (non-hydrogen) atoms. The van der Waals surface area contributed by atoms with Crippen molar-refractivity contribution in [2.24, 2.45) is 7.05 Å². The van der Waals surface area contributed by atoms with Gasteiger partial charge in [0.25, 0.3) is 0 Å². The Hall–Kier alpha value is -2.36. The molecule has 2 aromatic heterocycles. The number of nitrogens with zero attached hydrogens (tertiary/aromatic N) is 4. The second kappa shape index (κ2) is 5.37. The van der Waals surface area contributed by atoms with Crippen LogP contribution in [0, 0.1) is 27.7 Å². The molecule has 3 rings (SSSR count). The second-order valence-corrected chi connectivity index (χ2v) is 6.61. The van der Waals surface area contributed by atoms with Crippen LogP contribution in [-0.4, -0.2) is 28.6 Å². The largest absolute Gasteiger partial charge is 0.361 e. The number of aryl methyl sites for hydroxylation is 5. The molecule has 3 aromatic rings. The Balaban J connectivity index is 2.41. The number of hydrogen-bond donors (Lipinski definition) is 0. The van der Waals surface area contributed by atoms with E-state index in [1.54, 1.807) is 0 Å². The monoisotopic (exact) mass is 308 g/mol. The predicted octanol–water partition coefficient (Wildman–Crippen LogP) is 3.93. The zero-order valence-corrected chi connectivity index (χ0v) is 15.0. The Morgan fingerprint density at radius 2 is 1.57 bits per heavy atom. The summed E-state index contributed by atoms with van der Waals surface area (Å²) in [5, 5.41) is 0. The van der Waals surface area contributed by atoms with Gasteiger partial charge in [0.2, 0.25) is 0 Å². The Kier molecular flexibility index (Phi) is 3.63. The summed E-state index contributed by atoms with van der Waals surface area (Å²) in [6.07, 6.45) is 2.18. The lowest BCUT2D eigenvalue weighted by atomic mass is 9.95. The van der Waals surface area contributed by atoms with Crippen LogP contribution in [-0.2, 0) is 7.05 Å². The first-order valence-electron chi connectivity index (χ1n) is 7.88. The lowest BCUT2D eigenvalue weighted by Crippen LogP contribution is -2.13. The number of rotatable bonds is 2. The molecule has 1 aromatic carbocycles. The van der Waals surface area contributed by atoms with Gasteiger partial charge in [0.1, 0.15) is 16.9 Å². The number of hydrogen-bond acceptors (Lipinski definition) is 3. The number of fused-ring (bicyclic) bond motifs is 1. The summed E-state index contributed by atoms with van der Waals surface area (Å²) in [7, 11) is 6.11. The summed E-state index contributed by atoms with van der Waals surface area (Å²) >= 11 is 0. The summed E-state index contributed by atoms with van der Waals surface area (Å²) in [6, 6.07) is 4.48. The van der Waals surface area contributed by atoms with E-state index in [0.29, 0.717) is 0 Å². The van der Waals surface area contributed by atoms with E-state index in [9.17, 15) is 0 Å². The average molecular weight is 308 g/mol. The van der Waals surface area contributed by atoms with Crippen molar-refractivity contribution in [3.63, 3.8) is 0 Å². The molecule has 4 nitrogen and oxygen atoms in total. The maximum atomic E-state index is 4.76. The maximum absolute atomic E-state index is 4.76. The van der Waals surface area contributed by atoms with Crippen molar-refractivity contribution in [2.75, 3.05) is 19.0 Å². The molecule has 0 atom stereocenters. The first-order valence-corrected chi connectivity index (χ1v) is 7.88. The highest BCUT2D eigenvalue weighted by molar-refractivity contribution is 5.99. The number of benzene rings is 1. The zero-order chi connectivity index (χ0) is 16.9. The molecule has 0 aliphatic heterocycles. The first kappa shape index (κ1) is 15.5. The fourth-order valence-corrected chi connectivity index (χ4v) is 3.48. The molecule has 0 spiro atoms. The van der Waals surface area contributed by atoms with Gasteiger partial charge in [-0.1, -0.05) is 17.7 Å². The van der Waals surface area contributed by atoms with Crippen molar-refractivity contribution < 1.29 is 0 Å². The van der Waals surface area contributed by atoms with Gasteiger partial charge in [-0.2, -0.15) is 0 Å². The molecule has 0 aliphatic carbocycles. The quantitative estimate of drug-likeness (QED) is 0.719. The molecular weight excluding hydrogens is 284 g/mol. The molecule has 0 aliphatic rings. The molecule has 0 unspecified atom stereocenters. The SMILES string of the molecule is Cc1cc(C)c(-c2cn(C)c3c(N(C)C)nc(C)nc23)c(C)c1. The third-order valence-electron chi connectivity index (χ3n) is 4.28. The predicted molar refractivity (Wildman–Crippen MR) is 97.2 cm³/mol. The van der Waals surface area contributed by atoms with Crippen LogP contribution < -0.4 is 4.90 Å². The van der Waals surface area contributed by atoms with Gasteiger partial charge in [0.05, 0.1) is 0 Å². The fourth-order valence-electron chi connectivity index (χ4n) is 3.48. The summed E-state index contributed by atoms with van der Waals surface area (Å²) in [6.45, 7) is 8.45. The average Bonchev–Trinajstić information content (AvgIpc) is 2.73. The van der Waals surface area contributed by atoms with Crippen LogP contribution in [0.2, 0.25) is 0 Å². The van der Waals surface area contributed by atoms with E-state index in [0.717, 1.165) is 22.7 Å². The molecule has 0 bridgehead atoms. The molecule has 2 heterocycles. The zero-order valence-electron chi connectivity index (χ0n) is 15.0. The van der Waals surface area contributed by atoms with E-state index in [-0.39, 0.29) is 0 Å². The Bertz CT molecular complexity index is 880. The van der Waals surface area contributed by atoms with Crippen LogP contribution in [0.1, 0.15) is 22.5 Å². The van der Waals surface area contributed by atoms with Gasteiger partial charge in [-0.3, -0.25) is 0 Å². The Morgan fingerprint density at radius 1 is 0.957 bits per heavy atom. The van der Waals surface area contributed by atoms with Crippen LogP contribution >= 0.6 is 0 Å². The summed E-state index contributed by atoms with van der Waals surface area (Å²) < 4.78 is 2.14. The van der Waals surface area contributed by atoms with Crippen molar-refractivity contribution in [3.05, 3.63) is 40.8 Å².